The first kappa shape index (κ1) is 11.8. The van der Waals surface area contributed by atoms with E-state index >= 15 is 0 Å². The van der Waals surface area contributed by atoms with Crippen LogP contribution in [0.3, 0.4) is 0 Å². The molecule has 7 heteroatoms. The number of anilines is 1. The molecular weight excluding hydrogens is 252 g/mol. The summed E-state index contributed by atoms with van der Waals surface area (Å²) in [7, 11) is 0. The Kier molecular flexibility index (Phi) is 2.75. The molecule has 2 N–H and O–H groups in total. The molecule has 1 fully saturated rings. The summed E-state index contributed by atoms with van der Waals surface area (Å²) < 4.78 is 10.4. The van der Waals surface area contributed by atoms with Gasteiger partial charge < -0.3 is 19.9 Å². The van der Waals surface area contributed by atoms with E-state index in [1.54, 1.807) is 18.2 Å². The van der Waals surface area contributed by atoms with Crippen molar-refractivity contribution in [3.8, 4) is 11.5 Å². The lowest BCUT2D eigenvalue weighted by Crippen LogP contribution is -2.58. The van der Waals surface area contributed by atoms with Gasteiger partial charge in [0.15, 0.2) is 11.5 Å². The molecule has 19 heavy (non-hydrogen) atoms. The zero-order valence-corrected chi connectivity index (χ0v) is 9.96. The lowest BCUT2D eigenvalue weighted by molar-refractivity contribution is -0.140. The number of carboxylic acid groups (broad SMARTS) is 1. The Morgan fingerprint density at radius 3 is 2.95 bits per heavy atom. The van der Waals surface area contributed by atoms with Gasteiger partial charge in [0.1, 0.15) is 6.04 Å². The Bertz CT molecular complexity index is 545. The van der Waals surface area contributed by atoms with E-state index in [4.69, 9.17) is 9.47 Å². The molecular formula is C12H12N2O5. The van der Waals surface area contributed by atoms with Gasteiger partial charge >= 0.3 is 5.97 Å². The second kappa shape index (κ2) is 4.43. The minimum absolute atomic E-state index is 0.123. The molecule has 2 aliphatic rings. The smallest absolute Gasteiger partial charge is 0.328 e. The van der Waals surface area contributed by atoms with Crippen LogP contribution in [0.15, 0.2) is 18.2 Å². The van der Waals surface area contributed by atoms with E-state index < -0.39 is 12.0 Å². The second-order valence-corrected chi connectivity index (χ2v) is 4.29. The highest BCUT2D eigenvalue weighted by atomic mass is 16.7. The van der Waals surface area contributed by atoms with E-state index in [0.29, 0.717) is 17.2 Å². The summed E-state index contributed by atoms with van der Waals surface area (Å²) in [5.41, 5.74) is 0.503. The number of ether oxygens (including phenoxy) is 2. The Morgan fingerprint density at radius 1 is 1.37 bits per heavy atom. The van der Waals surface area contributed by atoms with Gasteiger partial charge in [-0.2, -0.15) is 0 Å². The van der Waals surface area contributed by atoms with Crippen LogP contribution in [0, 0.1) is 0 Å². The van der Waals surface area contributed by atoms with Crippen molar-refractivity contribution in [3.63, 3.8) is 0 Å². The Hall–Kier alpha value is -2.28. The molecule has 7 nitrogen and oxygen atoms in total. The third kappa shape index (κ3) is 1.97. The molecule has 2 aliphatic heterocycles. The number of hydrogen-bond acceptors (Lipinski definition) is 5. The molecule has 0 aliphatic carbocycles. The van der Waals surface area contributed by atoms with Gasteiger partial charge in [-0.25, -0.2) is 4.79 Å². The fourth-order valence-electron chi connectivity index (χ4n) is 2.22. The zero-order chi connectivity index (χ0) is 13.4. The Labute approximate surface area is 108 Å². The maximum Gasteiger partial charge on any atom is 0.328 e. The SMILES string of the molecule is O=C(O)C1CNCC(=O)N1c1ccc2c(c1)OCO2. The number of amides is 1. The van der Waals surface area contributed by atoms with Gasteiger partial charge in [0.25, 0.3) is 0 Å². The van der Waals surface area contributed by atoms with Crippen LogP contribution >= 0.6 is 0 Å². The minimum Gasteiger partial charge on any atom is -0.480 e. The number of hydrogen-bond donors (Lipinski definition) is 2. The largest absolute Gasteiger partial charge is 0.480 e. The number of nitrogens with one attached hydrogen (secondary N) is 1. The van der Waals surface area contributed by atoms with Crippen molar-refractivity contribution in [2.45, 2.75) is 6.04 Å². The Balaban J connectivity index is 1.97. The van der Waals surface area contributed by atoms with Gasteiger partial charge in [0.2, 0.25) is 12.7 Å². The van der Waals surface area contributed by atoms with Crippen molar-refractivity contribution >= 4 is 17.6 Å². The van der Waals surface area contributed by atoms with Crippen LogP contribution in [-0.2, 0) is 9.59 Å². The van der Waals surface area contributed by atoms with Crippen molar-refractivity contribution in [1.29, 1.82) is 0 Å². The van der Waals surface area contributed by atoms with Gasteiger partial charge in [-0.15, -0.1) is 0 Å². The molecule has 2 heterocycles. The highest BCUT2D eigenvalue weighted by Crippen LogP contribution is 2.36. The third-order valence-electron chi connectivity index (χ3n) is 3.11. The summed E-state index contributed by atoms with van der Waals surface area (Å²) in [6, 6.07) is 4.04. The molecule has 1 aromatic rings. The van der Waals surface area contributed by atoms with Gasteiger partial charge in [0.05, 0.1) is 6.54 Å². The summed E-state index contributed by atoms with van der Waals surface area (Å²) in [6.45, 7) is 0.477. The fraction of sp³-hybridized carbons (Fsp3) is 0.333. The zero-order valence-electron chi connectivity index (χ0n) is 9.96. The highest BCUT2D eigenvalue weighted by molar-refractivity contribution is 6.01. The molecule has 1 atom stereocenters. The number of carbonyl (C=O) groups is 2. The number of aliphatic carboxylic acids is 1. The van der Waals surface area contributed by atoms with Crippen LogP contribution in [0.25, 0.3) is 0 Å². The number of rotatable bonds is 2. The van der Waals surface area contributed by atoms with Crippen molar-refractivity contribution in [1.82, 2.24) is 5.32 Å². The molecule has 0 radical (unpaired) electrons. The summed E-state index contributed by atoms with van der Waals surface area (Å²) in [5, 5.41) is 12.0. The molecule has 0 spiro atoms. The first-order valence-corrected chi connectivity index (χ1v) is 5.82. The predicted octanol–water partition coefficient (Wildman–Crippen LogP) is -0.195. The molecule has 3 rings (SSSR count). The van der Waals surface area contributed by atoms with Crippen molar-refractivity contribution in [3.05, 3.63) is 18.2 Å². The van der Waals surface area contributed by atoms with Crippen LogP contribution < -0.4 is 19.7 Å². The number of nitrogens with zero attached hydrogens (tertiary/aromatic N) is 1. The normalized spacial score (nSPS) is 21.6. The van der Waals surface area contributed by atoms with Crippen LogP contribution in [0.1, 0.15) is 0 Å². The predicted molar refractivity (Wildman–Crippen MR) is 64.3 cm³/mol. The lowest BCUT2D eigenvalue weighted by atomic mass is 10.1. The van der Waals surface area contributed by atoms with Crippen molar-refractivity contribution < 1.29 is 24.2 Å². The molecule has 1 saturated heterocycles. The van der Waals surface area contributed by atoms with Crippen molar-refractivity contribution in [2.75, 3.05) is 24.8 Å². The lowest BCUT2D eigenvalue weighted by Gasteiger charge is -2.33. The number of benzene rings is 1. The van der Waals surface area contributed by atoms with E-state index in [9.17, 15) is 14.7 Å². The number of piperazine rings is 1. The molecule has 100 valence electrons. The minimum atomic E-state index is -1.04. The number of fused-ring (bicyclic) bond motifs is 1. The third-order valence-corrected chi connectivity index (χ3v) is 3.11. The first-order chi connectivity index (χ1) is 9.16. The fourth-order valence-corrected chi connectivity index (χ4v) is 2.22. The Morgan fingerprint density at radius 2 is 2.16 bits per heavy atom. The van der Waals surface area contributed by atoms with Crippen LogP contribution in [0.5, 0.6) is 11.5 Å². The quantitative estimate of drug-likeness (QED) is 0.769. The van der Waals surface area contributed by atoms with E-state index in [0.717, 1.165) is 0 Å². The van der Waals surface area contributed by atoms with E-state index in [-0.39, 0.29) is 25.8 Å². The average Bonchev–Trinajstić information content (AvgIpc) is 2.85. The standard InChI is InChI=1S/C12H12N2O5/c15-11-5-13-4-8(12(16)17)14(11)7-1-2-9-10(3-7)19-6-18-9/h1-3,8,13H,4-6H2,(H,16,17). The summed E-state index contributed by atoms with van der Waals surface area (Å²) in [6.07, 6.45) is 0. The van der Waals surface area contributed by atoms with E-state index in [1.165, 1.54) is 4.90 Å². The maximum absolute atomic E-state index is 11.9. The highest BCUT2D eigenvalue weighted by Gasteiger charge is 2.34. The monoisotopic (exact) mass is 264 g/mol. The molecule has 1 amide bonds. The van der Waals surface area contributed by atoms with Crippen LogP contribution in [0.4, 0.5) is 5.69 Å². The summed E-state index contributed by atoms with van der Waals surface area (Å²) in [5.74, 6) is -0.207. The first-order valence-electron chi connectivity index (χ1n) is 5.82. The molecule has 0 bridgehead atoms. The molecule has 0 aromatic heterocycles. The van der Waals surface area contributed by atoms with E-state index in [2.05, 4.69) is 5.32 Å². The average molecular weight is 264 g/mol. The number of carbonyl (C=O) groups excluding carboxylic acids is 1. The molecule has 0 saturated carbocycles. The molecule has 1 unspecified atom stereocenters. The molecule has 1 aromatic carbocycles. The van der Waals surface area contributed by atoms with Crippen molar-refractivity contribution in [2.24, 2.45) is 0 Å². The summed E-state index contributed by atoms with van der Waals surface area (Å²) in [4.78, 5) is 24.4. The summed E-state index contributed by atoms with van der Waals surface area (Å²) >= 11 is 0. The van der Waals surface area contributed by atoms with E-state index in [1.807, 2.05) is 0 Å². The van der Waals surface area contributed by atoms with Gasteiger partial charge in [-0.3, -0.25) is 9.69 Å². The van der Waals surface area contributed by atoms with Crippen LogP contribution in [-0.4, -0.2) is 42.9 Å². The number of carboxylic acids is 1. The van der Waals surface area contributed by atoms with Gasteiger partial charge in [0, 0.05) is 18.3 Å². The van der Waals surface area contributed by atoms with Crippen LogP contribution in [0.2, 0.25) is 0 Å². The second-order valence-electron chi connectivity index (χ2n) is 4.29. The van der Waals surface area contributed by atoms with Gasteiger partial charge in [-0.05, 0) is 12.1 Å². The maximum atomic E-state index is 11.9. The topological polar surface area (TPSA) is 88.1 Å². The van der Waals surface area contributed by atoms with Gasteiger partial charge in [-0.1, -0.05) is 0 Å².